The average molecular weight is 375 g/mol. The quantitative estimate of drug-likeness (QED) is 0.870. The van der Waals surface area contributed by atoms with Crippen LogP contribution in [0.3, 0.4) is 0 Å². The molecule has 2 aliphatic rings. The van der Waals surface area contributed by atoms with E-state index in [1.54, 1.807) is 29.2 Å². The van der Waals surface area contributed by atoms with Crippen LogP contribution in [-0.2, 0) is 4.79 Å². The molecule has 1 heterocycles. The van der Waals surface area contributed by atoms with Gasteiger partial charge < -0.3 is 15.0 Å². The third-order valence-electron chi connectivity index (χ3n) is 5.06. The Hall–Kier alpha value is -3.33. The van der Waals surface area contributed by atoms with Crippen LogP contribution in [0.5, 0.6) is 5.75 Å². The summed E-state index contributed by atoms with van der Waals surface area (Å²) in [5, 5.41) is 11.9. The van der Waals surface area contributed by atoms with E-state index in [1.165, 1.54) is 0 Å². The number of nitrogens with zero attached hydrogens (tertiary/aromatic N) is 2. The highest BCUT2D eigenvalue weighted by molar-refractivity contribution is 5.98. The van der Waals surface area contributed by atoms with Gasteiger partial charge in [-0.1, -0.05) is 18.2 Å². The number of para-hydroxylation sites is 1. The van der Waals surface area contributed by atoms with Gasteiger partial charge in [-0.15, -0.1) is 0 Å². The number of hydrogen-bond donors (Lipinski definition) is 1. The van der Waals surface area contributed by atoms with Crippen LogP contribution in [0.2, 0.25) is 0 Å². The summed E-state index contributed by atoms with van der Waals surface area (Å²) >= 11 is 0. The molecule has 0 aromatic heterocycles. The van der Waals surface area contributed by atoms with Gasteiger partial charge >= 0.3 is 0 Å². The van der Waals surface area contributed by atoms with Gasteiger partial charge in [-0.3, -0.25) is 9.59 Å². The molecule has 28 heavy (non-hydrogen) atoms. The minimum atomic E-state index is -0.558. The number of nitrogens with one attached hydrogen (secondary N) is 1. The van der Waals surface area contributed by atoms with Crippen LogP contribution in [0.15, 0.2) is 54.6 Å². The Morgan fingerprint density at radius 3 is 2.43 bits per heavy atom. The van der Waals surface area contributed by atoms with Crippen molar-refractivity contribution < 1.29 is 14.3 Å². The lowest BCUT2D eigenvalue weighted by Gasteiger charge is -2.23. The normalized spacial score (nSPS) is 21.0. The van der Waals surface area contributed by atoms with Crippen LogP contribution in [0, 0.1) is 11.3 Å². The molecule has 6 heteroatoms. The number of carbonyl (C=O) groups is 2. The van der Waals surface area contributed by atoms with Crippen molar-refractivity contribution >= 4 is 11.8 Å². The summed E-state index contributed by atoms with van der Waals surface area (Å²) < 4.78 is 6.01. The summed E-state index contributed by atoms with van der Waals surface area (Å²) in [5.74, 6) is 0.379. The third kappa shape index (κ3) is 3.99. The molecule has 4 rings (SSSR count). The maximum atomic E-state index is 13.1. The van der Waals surface area contributed by atoms with Gasteiger partial charge in [0, 0.05) is 18.0 Å². The van der Waals surface area contributed by atoms with Crippen molar-refractivity contribution in [3.05, 3.63) is 65.7 Å². The van der Waals surface area contributed by atoms with Crippen LogP contribution >= 0.6 is 0 Å². The summed E-state index contributed by atoms with van der Waals surface area (Å²) in [4.78, 5) is 27.4. The highest BCUT2D eigenvalue weighted by Crippen LogP contribution is 2.27. The van der Waals surface area contributed by atoms with E-state index >= 15 is 0 Å². The predicted molar refractivity (Wildman–Crippen MR) is 103 cm³/mol. The SMILES string of the molecule is N#Cc1ccc(C(=O)N2C[C@@H](Oc3ccccc3)C[C@H]2C(=O)NC2CC2)cc1. The van der Waals surface area contributed by atoms with Crippen molar-refractivity contribution in [1.29, 1.82) is 5.26 Å². The van der Waals surface area contributed by atoms with E-state index in [0.717, 1.165) is 18.6 Å². The molecular weight excluding hydrogens is 354 g/mol. The van der Waals surface area contributed by atoms with Crippen molar-refractivity contribution in [2.24, 2.45) is 0 Å². The number of benzene rings is 2. The maximum Gasteiger partial charge on any atom is 0.254 e. The molecule has 0 spiro atoms. The second-order valence-electron chi connectivity index (χ2n) is 7.23. The van der Waals surface area contributed by atoms with Gasteiger partial charge in [-0.05, 0) is 49.2 Å². The maximum absolute atomic E-state index is 13.1. The fraction of sp³-hybridized carbons (Fsp3) is 0.318. The number of rotatable bonds is 5. The lowest BCUT2D eigenvalue weighted by molar-refractivity contribution is -0.125. The predicted octanol–water partition coefficient (Wildman–Crippen LogP) is 2.50. The van der Waals surface area contributed by atoms with E-state index in [1.807, 2.05) is 36.4 Å². The lowest BCUT2D eigenvalue weighted by atomic mass is 10.1. The topological polar surface area (TPSA) is 82.4 Å². The molecule has 1 saturated heterocycles. The lowest BCUT2D eigenvalue weighted by Crippen LogP contribution is -2.46. The Morgan fingerprint density at radius 2 is 1.79 bits per heavy atom. The van der Waals surface area contributed by atoms with Gasteiger partial charge in [0.1, 0.15) is 17.9 Å². The van der Waals surface area contributed by atoms with Gasteiger partial charge in [0.2, 0.25) is 5.91 Å². The number of carbonyl (C=O) groups excluding carboxylic acids is 2. The molecule has 1 N–H and O–H groups in total. The summed E-state index contributed by atoms with van der Waals surface area (Å²) in [6.07, 6.45) is 2.19. The number of ether oxygens (including phenoxy) is 1. The number of nitriles is 1. The second kappa shape index (κ2) is 7.73. The Bertz CT molecular complexity index is 901. The molecule has 0 radical (unpaired) electrons. The largest absolute Gasteiger partial charge is 0.488 e. The van der Waals surface area contributed by atoms with E-state index in [0.29, 0.717) is 24.1 Å². The molecule has 1 saturated carbocycles. The molecule has 142 valence electrons. The monoisotopic (exact) mass is 375 g/mol. The molecule has 0 unspecified atom stereocenters. The van der Waals surface area contributed by atoms with Crippen molar-refractivity contribution in [2.45, 2.75) is 37.5 Å². The van der Waals surface area contributed by atoms with E-state index in [2.05, 4.69) is 5.32 Å². The fourth-order valence-electron chi connectivity index (χ4n) is 3.43. The minimum Gasteiger partial charge on any atom is -0.488 e. The summed E-state index contributed by atoms with van der Waals surface area (Å²) in [6.45, 7) is 0.344. The summed E-state index contributed by atoms with van der Waals surface area (Å²) in [7, 11) is 0. The van der Waals surface area contributed by atoms with E-state index in [-0.39, 0.29) is 24.0 Å². The van der Waals surface area contributed by atoms with Gasteiger partial charge in [0.15, 0.2) is 0 Å². The second-order valence-corrected chi connectivity index (χ2v) is 7.23. The van der Waals surface area contributed by atoms with Crippen molar-refractivity contribution in [2.75, 3.05) is 6.54 Å². The standard InChI is InChI=1S/C22H21N3O3/c23-13-15-6-8-16(9-7-15)22(27)25-14-19(28-18-4-2-1-3-5-18)12-20(25)21(26)24-17-10-11-17/h1-9,17,19-20H,10-12,14H2,(H,24,26)/t19-,20-/m0/s1. The van der Waals surface area contributed by atoms with Gasteiger partial charge in [0.25, 0.3) is 5.91 Å². The van der Waals surface area contributed by atoms with E-state index in [9.17, 15) is 9.59 Å². The molecule has 2 amide bonds. The first kappa shape index (κ1) is 18.1. The van der Waals surface area contributed by atoms with Crippen LogP contribution < -0.4 is 10.1 Å². The minimum absolute atomic E-state index is 0.122. The summed E-state index contributed by atoms with van der Waals surface area (Å²) in [5.41, 5.74) is 0.954. The highest BCUT2D eigenvalue weighted by Gasteiger charge is 2.42. The molecule has 2 aromatic rings. The Balaban J connectivity index is 1.53. The smallest absolute Gasteiger partial charge is 0.254 e. The Labute approximate surface area is 163 Å². The molecule has 2 atom stereocenters. The Morgan fingerprint density at radius 1 is 1.07 bits per heavy atom. The zero-order chi connectivity index (χ0) is 19.5. The van der Waals surface area contributed by atoms with Crippen LogP contribution in [0.4, 0.5) is 0 Å². The van der Waals surface area contributed by atoms with E-state index in [4.69, 9.17) is 10.00 Å². The van der Waals surface area contributed by atoms with Gasteiger partial charge in [-0.2, -0.15) is 5.26 Å². The average Bonchev–Trinajstić information content (AvgIpc) is 3.44. The number of likely N-dealkylation sites (tertiary alicyclic amines) is 1. The number of hydrogen-bond acceptors (Lipinski definition) is 4. The third-order valence-corrected chi connectivity index (χ3v) is 5.06. The number of amides is 2. The highest BCUT2D eigenvalue weighted by atomic mass is 16.5. The zero-order valence-electron chi connectivity index (χ0n) is 15.4. The molecule has 2 fully saturated rings. The first-order valence-electron chi connectivity index (χ1n) is 9.47. The molecule has 6 nitrogen and oxygen atoms in total. The van der Waals surface area contributed by atoms with Gasteiger partial charge in [-0.25, -0.2) is 0 Å². The molecule has 0 bridgehead atoms. The fourth-order valence-corrected chi connectivity index (χ4v) is 3.43. The van der Waals surface area contributed by atoms with Gasteiger partial charge in [0.05, 0.1) is 18.2 Å². The molecular formula is C22H21N3O3. The first-order valence-corrected chi connectivity index (χ1v) is 9.47. The van der Waals surface area contributed by atoms with Crippen LogP contribution in [-0.4, -0.2) is 41.4 Å². The first-order chi connectivity index (χ1) is 13.6. The van der Waals surface area contributed by atoms with Crippen LogP contribution in [0.1, 0.15) is 35.2 Å². The van der Waals surface area contributed by atoms with E-state index < -0.39 is 6.04 Å². The Kier molecular flexibility index (Phi) is 4.98. The molecule has 2 aromatic carbocycles. The van der Waals surface area contributed by atoms with Crippen molar-refractivity contribution in [3.8, 4) is 11.8 Å². The molecule has 1 aliphatic carbocycles. The molecule has 1 aliphatic heterocycles. The van der Waals surface area contributed by atoms with Crippen molar-refractivity contribution in [3.63, 3.8) is 0 Å². The summed E-state index contributed by atoms with van der Waals surface area (Å²) in [6, 6.07) is 17.6. The van der Waals surface area contributed by atoms with Crippen molar-refractivity contribution in [1.82, 2.24) is 10.2 Å². The van der Waals surface area contributed by atoms with Crippen LogP contribution in [0.25, 0.3) is 0 Å². The zero-order valence-corrected chi connectivity index (χ0v) is 15.4.